The monoisotopic (exact) mass is 277 g/mol. The SMILES string of the molecule is CC(C)(C)OC(=O)N1CCC[C@H]1CNc1cccnc1. The lowest BCUT2D eigenvalue weighted by atomic mass is 10.2. The molecule has 5 nitrogen and oxygen atoms in total. The van der Waals surface area contributed by atoms with Gasteiger partial charge in [0.1, 0.15) is 5.60 Å². The van der Waals surface area contributed by atoms with Crippen LogP contribution in [0.2, 0.25) is 0 Å². The summed E-state index contributed by atoms with van der Waals surface area (Å²) in [6, 6.07) is 4.05. The Morgan fingerprint density at radius 2 is 2.35 bits per heavy atom. The largest absolute Gasteiger partial charge is 0.444 e. The second-order valence-corrected chi connectivity index (χ2v) is 6.09. The van der Waals surface area contributed by atoms with Crippen LogP contribution in [-0.4, -0.2) is 40.7 Å². The predicted octanol–water partition coefficient (Wildman–Crippen LogP) is 2.89. The minimum absolute atomic E-state index is 0.185. The average Bonchev–Trinajstić information content (AvgIpc) is 2.84. The van der Waals surface area contributed by atoms with Crippen LogP contribution in [0.25, 0.3) is 0 Å². The quantitative estimate of drug-likeness (QED) is 0.923. The highest BCUT2D eigenvalue weighted by Crippen LogP contribution is 2.21. The maximum atomic E-state index is 12.1. The van der Waals surface area contributed by atoms with Gasteiger partial charge in [-0.05, 0) is 45.7 Å². The van der Waals surface area contributed by atoms with E-state index in [1.165, 1.54) is 0 Å². The number of amides is 1. The highest BCUT2D eigenvalue weighted by atomic mass is 16.6. The summed E-state index contributed by atoms with van der Waals surface area (Å²) >= 11 is 0. The van der Waals surface area contributed by atoms with Crippen LogP contribution in [0.3, 0.4) is 0 Å². The van der Waals surface area contributed by atoms with E-state index in [0.717, 1.165) is 31.6 Å². The summed E-state index contributed by atoms with van der Waals surface area (Å²) in [6.07, 6.45) is 5.35. The van der Waals surface area contributed by atoms with E-state index in [0.29, 0.717) is 0 Å². The molecule has 0 aliphatic carbocycles. The summed E-state index contributed by atoms with van der Waals surface area (Å²) in [5, 5.41) is 3.32. The first-order chi connectivity index (χ1) is 9.46. The molecule has 1 fully saturated rings. The lowest BCUT2D eigenvalue weighted by molar-refractivity contribution is 0.0235. The van der Waals surface area contributed by atoms with Crippen molar-refractivity contribution in [3.63, 3.8) is 0 Å². The smallest absolute Gasteiger partial charge is 0.410 e. The number of carbonyl (C=O) groups excluding carboxylic acids is 1. The van der Waals surface area contributed by atoms with Gasteiger partial charge >= 0.3 is 6.09 Å². The van der Waals surface area contributed by atoms with Crippen LogP contribution in [-0.2, 0) is 4.74 Å². The fraction of sp³-hybridized carbons (Fsp3) is 0.600. The van der Waals surface area contributed by atoms with Gasteiger partial charge < -0.3 is 15.0 Å². The summed E-state index contributed by atoms with van der Waals surface area (Å²) in [7, 11) is 0. The molecule has 110 valence electrons. The molecule has 1 atom stereocenters. The Kier molecular flexibility index (Phi) is 4.47. The van der Waals surface area contributed by atoms with Crippen molar-refractivity contribution in [2.45, 2.75) is 45.3 Å². The van der Waals surface area contributed by atoms with Crippen molar-refractivity contribution in [1.29, 1.82) is 0 Å². The van der Waals surface area contributed by atoms with E-state index >= 15 is 0 Å². The van der Waals surface area contributed by atoms with Crippen LogP contribution < -0.4 is 5.32 Å². The van der Waals surface area contributed by atoms with Gasteiger partial charge in [0.25, 0.3) is 0 Å². The van der Waals surface area contributed by atoms with E-state index in [2.05, 4.69) is 10.3 Å². The zero-order valence-electron chi connectivity index (χ0n) is 12.4. The lowest BCUT2D eigenvalue weighted by Crippen LogP contribution is -2.42. The van der Waals surface area contributed by atoms with Gasteiger partial charge in [-0.3, -0.25) is 4.98 Å². The number of carbonyl (C=O) groups is 1. The lowest BCUT2D eigenvalue weighted by Gasteiger charge is -2.28. The predicted molar refractivity (Wildman–Crippen MR) is 78.7 cm³/mol. The summed E-state index contributed by atoms with van der Waals surface area (Å²) in [5.41, 5.74) is 0.532. The highest BCUT2D eigenvalue weighted by molar-refractivity contribution is 5.69. The number of hydrogen-bond acceptors (Lipinski definition) is 4. The topological polar surface area (TPSA) is 54.5 Å². The number of pyridine rings is 1. The fourth-order valence-electron chi connectivity index (χ4n) is 2.31. The van der Waals surface area contributed by atoms with Crippen molar-refractivity contribution >= 4 is 11.8 Å². The Bertz CT molecular complexity index is 442. The van der Waals surface area contributed by atoms with E-state index in [4.69, 9.17) is 4.74 Å². The maximum absolute atomic E-state index is 12.1. The van der Waals surface area contributed by atoms with E-state index < -0.39 is 5.60 Å². The summed E-state index contributed by atoms with van der Waals surface area (Å²) in [5.74, 6) is 0. The molecule has 1 aliphatic heterocycles. The maximum Gasteiger partial charge on any atom is 0.410 e. The second kappa shape index (κ2) is 6.11. The van der Waals surface area contributed by atoms with Gasteiger partial charge in [-0.25, -0.2) is 4.79 Å². The van der Waals surface area contributed by atoms with Gasteiger partial charge in [0.05, 0.1) is 11.7 Å². The number of anilines is 1. The zero-order valence-corrected chi connectivity index (χ0v) is 12.4. The molecule has 0 unspecified atom stereocenters. The molecular weight excluding hydrogens is 254 g/mol. The number of hydrogen-bond donors (Lipinski definition) is 1. The molecule has 1 aromatic rings. The van der Waals surface area contributed by atoms with E-state index in [1.54, 1.807) is 12.4 Å². The summed E-state index contributed by atoms with van der Waals surface area (Å²) in [4.78, 5) is 18.0. The molecule has 1 amide bonds. The van der Waals surface area contributed by atoms with Crippen LogP contribution in [0.1, 0.15) is 33.6 Å². The fourth-order valence-corrected chi connectivity index (χ4v) is 2.31. The van der Waals surface area contributed by atoms with Crippen LogP contribution in [0.5, 0.6) is 0 Å². The van der Waals surface area contributed by atoms with Crippen molar-refractivity contribution in [1.82, 2.24) is 9.88 Å². The molecule has 1 N–H and O–H groups in total. The van der Waals surface area contributed by atoms with Gasteiger partial charge in [-0.1, -0.05) is 0 Å². The number of likely N-dealkylation sites (tertiary alicyclic amines) is 1. The first kappa shape index (κ1) is 14.6. The third-order valence-electron chi connectivity index (χ3n) is 3.21. The van der Waals surface area contributed by atoms with Crippen molar-refractivity contribution in [2.75, 3.05) is 18.4 Å². The number of nitrogens with one attached hydrogen (secondary N) is 1. The molecule has 5 heteroatoms. The summed E-state index contributed by atoms with van der Waals surface area (Å²) < 4.78 is 5.45. The number of ether oxygens (including phenoxy) is 1. The van der Waals surface area contributed by atoms with Gasteiger partial charge in [0, 0.05) is 25.5 Å². The van der Waals surface area contributed by atoms with Crippen molar-refractivity contribution in [3.8, 4) is 0 Å². The summed E-state index contributed by atoms with van der Waals surface area (Å²) in [6.45, 7) is 7.18. The van der Waals surface area contributed by atoms with Gasteiger partial charge in [0.15, 0.2) is 0 Å². The molecule has 1 saturated heterocycles. The first-order valence-corrected chi connectivity index (χ1v) is 7.09. The molecular formula is C15H23N3O2. The van der Waals surface area contributed by atoms with Gasteiger partial charge in [-0.15, -0.1) is 0 Å². The van der Waals surface area contributed by atoms with Crippen molar-refractivity contribution in [2.24, 2.45) is 0 Å². The van der Waals surface area contributed by atoms with E-state index in [1.807, 2.05) is 37.8 Å². The molecule has 0 spiro atoms. The standard InChI is InChI=1S/C15H23N3O2/c1-15(2,3)20-14(19)18-9-5-7-13(18)11-17-12-6-4-8-16-10-12/h4,6,8,10,13,17H,5,7,9,11H2,1-3H3/t13-/m0/s1. The van der Waals surface area contributed by atoms with Gasteiger partial charge in [-0.2, -0.15) is 0 Å². The van der Waals surface area contributed by atoms with E-state index in [-0.39, 0.29) is 12.1 Å². The highest BCUT2D eigenvalue weighted by Gasteiger charge is 2.31. The molecule has 0 radical (unpaired) electrons. The third-order valence-corrected chi connectivity index (χ3v) is 3.21. The Morgan fingerprint density at radius 3 is 3.00 bits per heavy atom. The molecule has 20 heavy (non-hydrogen) atoms. The van der Waals surface area contributed by atoms with Crippen LogP contribution in [0.15, 0.2) is 24.5 Å². The number of aromatic nitrogens is 1. The first-order valence-electron chi connectivity index (χ1n) is 7.09. The van der Waals surface area contributed by atoms with E-state index in [9.17, 15) is 4.79 Å². The van der Waals surface area contributed by atoms with Gasteiger partial charge in [0.2, 0.25) is 0 Å². The van der Waals surface area contributed by atoms with Crippen molar-refractivity contribution < 1.29 is 9.53 Å². The van der Waals surface area contributed by atoms with Crippen LogP contribution in [0.4, 0.5) is 10.5 Å². The molecule has 0 bridgehead atoms. The Hall–Kier alpha value is -1.78. The Labute approximate surface area is 120 Å². The average molecular weight is 277 g/mol. The molecule has 1 aromatic heterocycles. The molecule has 0 aromatic carbocycles. The molecule has 1 aliphatic rings. The van der Waals surface area contributed by atoms with Crippen LogP contribution >= 0.6 is 0 Å². The Morgan fingerprint density at radius 1 is 1.55 bits per heavy atom. The minimum Gasteiger partial charge on any atom is -0.444 e. The third kappa shape index (κ3) is 4.11. The second-order valence-electron chi connectivity index (χ2n) is 6.09. The normalized spacial score (nSPS) is 18.9. The number of nitrogens with zero attached hydrogens (tertiary/aromatic N) is 2. The number of rotatable bonds is 3. The molecule has 0 saturated carbocycles. The Balaban J connectivity index is 1.89. The molecule has 2 rings (SSSR count). The zero-order chi connectivity index (χ0) is 14.6. The van der Waals surface area contributed by atoms with Crippen LogP contribution in [0, 0.1) is 0 Å². The molecule has 2 heterocycles. The minimum atomic E-state index is -0.443. The van der Waals surface area contributed by atoms with Crippen molar-refractivity contribution in [3.05, 3.63) is 24.5 Å².